The zero-order valence-corrected chi connectivity index (χ0v) is 12.4. The van der Waals surface area contributed by atoms with Crippen molar-refractivity contribution in [1.82, 2.24) is 14.5 Å². The third-order valence-corrected chi connectivity index (χ3v) is 3.42. The fraction of sp³-hybridized carbons (Fsp3) is 0.118. The van der Waals surface area contributed by atoms with Crippen LogP contribution in [0.15, 0.2) is 55.2 Å². The molecular weight excluding hydrogens is 276 g/mol. The van der Waals surface area contributed by atoms with E-state index in [1.54, 1.807) is 41.6 Å². The van der Waals surface area contributed by atoms with Crippen molar-refractivity contribution in [3.05, 3.63) is 71.9 Å². The van der Waals surface area contributed by atoms with Gasteiger partial charge in [0.1, 0.15) is 12.1 Å². The summed E-state index contributed by atoms with van der Waals surface area (Å²) in [7, 11) is 0. The van der Waals surface area contributed by atoms with E-state index in [-0.39, 0.29) is 5.91 Å². The summed E-state index contributed by atoms with van der Waals surface area (Å²) in [4.78, 5) is 20.7. The number of rotatable bonds is 3. The van der Waals surface area contributed by atoms with E-state index in [1.807, 2.05) is 32.0 Å². The number of nitrogens with zero attached hydrogens (tertiary/aromatic N) is 3. The Morgan fingerprint density at radius 2 is 2.00 bits per heavy atom. The first kappa shape index (κ1) is 14.0. The van der Waals surface area contributed by atoms with Crippen LogP contribution in [0.5, 0.6) is 0 Å². The van der Waals surface area contributed by atoms with Crippen LogP contribution in [-0.4, -0.2) is 20.4 Å². The Hall–Kier alpha value is -2.95. The van der Waals surface area contributed by atoms with Gasteiger partial charge in [-0.25, -0.2) is 9.97 Å². The Bertz CT molecular complexity index is 809. The Morgan fingerprint density at radius 1 is 1.14 bits per heavy atom. The lowest BCUT2D eigenvalue weighted by atomic mass is 10.1. The smallest absolute Gasteiger partial charge is 0.255 e. The molecule has 3 rings (SSSR count). The van der Waals surface area contributed by atoms with E-state index < -0.39 is 0 Å². The molecule has 0 atom stereocenters. The van der Waals surface area contributed by atoms with Crippen molar-refractivity contribution in [2.24, 2.45) is 0 Å². The van der Waals surface area contributed by atoms with Gasteiger partial charge in [0.15, 0.2) is 0 Å². The van der Waals surface area contributed by atoms with E-state index >= 15 is 0 Å². The molecule has 3 aromatic rings. The maximum atomic E-state index is 12.4. The molecule has 0 spiro atoms. The molecule has 22 heavy (non-hydrogen) atoms. The van der Waals surface area contributed by atoms with E-state index in [2.05, 4.69) is 15.3 Å². The van der Waals surface area contributed by atoms with Crippen molar-refractivity contribution in [3.63, 3.8) is 0 Å². The van der Waals surface area contributed by atoms with Gasteiger partial charge in [-0.05, 0) is 43.2 Å². The number of aryl methyl sites for hydroxylation is 2. The largest absolute Gasteiger partial charge is 0.322 e. The Labute approximate surface area is 128 Å². The molecule has 5 heteroatoms. The minimum absolute atomic E-state index is 0.155. The molecule has 0 unspecified atom stereocenters. The van der Waals surface area contributed by atoms with E-state index in [4.69, 9.17) is 0 Å². The van der Waals surface area contributed by atoms with Gasteiger partial charge in [-0.3, -0.25) is 9.36 Å². The number of carbonyl (C=O) groups excluding carboxylic acids is 1. The van der Waals surface area contributed by atoms with Crippen LogP contribution in [0.1, 0.15) is 21.5 Å². The van der Waals surface area contributed by atoms with Crippen LogP contribution in [0.4, 0.5) is 5.69 Å². The number of aromatic nitrogens is 3. The van der Waals surface area contributed by atoms with Gasteiger partial charge in [-0.2, -0.15) is 0 Å². The number of nitrogens with one attached hydrogen (secondary N) is 1. The third-order valence-electron chi connectivity index (χ3n) is 3.42. The molecule has 1 N–H and O–H groups in total. The van der Waals surface area contributed by atoms with Crippen molar-refractivity contribution >= 4 is 11.6 Å². The van der Waals surface area contributed by atoms with Gasteiger partial charge in [0.25, 0.3) is 5.91 Å². The second-order valence-electron chi connectivity index (χ2n) is 5.15. The van der Waals surface area contributed by atoms with Crippen molar-refractivity contribution in [3.8, 4) is 5.82 Å². The first-order valence-corrected chi connectivity index (χ1v) is 6.96. The third kappa shape index (κ3) is 2.88. The van der Waals surface area contributed by atoms with Gasteiger partial charge >= 0.3 is 0 Å². The van der Waals surface area contributed by atoms with E-state index in [1.165, 1.54) is 0 Å². The number of anilines is 1. The van der Waals surface area contributed by atoms with Crippen molar-refractivity contribution < 1.29 is 4.79 Å². The molecule has 2 heterocycles. The summed E-state index contributed by atoms with van der Waals surface area (Å²) in [5.74, 6) is 0.503. The molecule has 0 aliphatic rings. The Balaban J connectivity index is 1.86. The highest BCUT2D eigenvalue weighted by Crippen LogP contribution is 2.18. The Morgan fingerprint density at radius 3 is 2.77 bits per heavy atom. The number of carbonyl (C=O) groups is 1. The number of benzene rings is 1. The molecule has 0 aliphatic heterocycles. The van der Waals surface area contributed by atoms with Crippen LogP contribution in [0.3, 0.4) is 0 Å². The molecule has 0 bridgehead atoms. The van der Waals surface area contributed by atoms with Gasteiger partial charge < -0.3 is 5.32 Å². The van der Waals surface area contributed by atoms with Crippen LogP contribution >= 0.6 is 0 Å². The van der Waals surface area contributed by atoms with E-state index in [0.717, 1.165) is 16.8 Å². The molecule has 0 saturated heterocycles. The highest BCUT2D eigenvalue weighted by Gasteiger charge is 2.09. The van der Waals surface area contributed by atoms with Crippen molar-refractivity contribution in [2.75, 3.05) is 5.32 Å². The minimum atomic E-state index is -0.155. The fourth-order valence-corrected chi connectivity index (χ4v) is 2.16. The summed E-state index contributed by atoms with van der Waals surface area (Å²) in [5, 5.41) is 2.95. The van der Waals surface area contributed by atoms with Crippen LogP contribution in [-0.2, 0) is 0 Å². The van der Waals surface area contributed by atoms with Crippen LogP contribution in [0.25, 0.3) is 5.82 Å². The number of hydrogen-bond acceptors (Lipinski definition) is 3. The number of imidazole rings is 1. The standard InChI is InChI=1S/C17H16N4O/c1-12-3-4-13(2)15(9-12)20-17(22)14-5-6-19-16(10-14)21-8-7-18-11-21/h3-11H,1-2H3,(H,20,22). The maximum absolute atomic E-state index is 12.4. The molecule has 1 amide bonds. The quantitative estimate of drug-likeness (QED) is 0.806. The summed E-state index contributed by atoms with van der Waals surface area (Å²) in [6, 6.07) is 9.41. The monoisotopic (exact) mass is 292 g/mol. The first-order valence-electron chi connectivity index (χ1n) is 6.96. The van der Waals surface area contributed by atoms with Crippen LogP contribution < -0.4 is 5.32 Å². The number of hydrogen-bond donors (Lipinski definition) is 1. The second kappa shape index (κ2) is 5.81. The average molecular weight is 292 g/mol. The molecule has 0 aliphatic carbocycles. The topological polar surface area (TPSA) is 59.8 Å². The summed E-state index contributed by atoms with van der Waals surface area (Å²) in [5.41, 5.74) is 3.52. The summed E-state index contributed by atoms with van der Waals surface area (Å²) in [6.07, 6.45) is 6.72. The second-order valence-corrected chi connectivity index (χ2v) is 5.15. The van der Waals surface area contributed by atoms with E-state index in [0.29, 0.717) is 11.4 Å². The van der Waals surface area contributed by atoms with Gasteiger partial charge in [-0.15, -0.1) is 0 Å². The molecule has 5 nitrogen and oxygen atoms in total. The minimum Gasteiger partial charge on any atom is -0.322 e. The fourth-order valence-electron chi connectivity index (χ4n) is 2.16. The zero-order chi connectivity index (χ0) is 15.5. The number of amides is 1. The molecule has 0 saturated carbocycles. The maximum Gasteiger partial charge on any atom is 0.255 e. The molecule has 0 radical (unpaired) electrons. The lowest BCUT2D eigenvalue weighted by Crippen LogP contribution is -2.13. The highest BCUT2D eigenvalue weighted by molar-refractivity contribution is 6.04. The lowest BCUT2D eigenvalue weighted by Gasteiger charge is -2.10. The normalized spacial score (nSPS) is 10.5. The Kier molecular flexibility index (Phi) is 3.70. The average Bonchev–Trinajstić information content (AvgIpc) is 3.05. The van der Waals surface area contributed by atoms with Crippen molar-refractivity contribution in [2.45, 2.75) is 13.8 Å². The zero-order valence-electron chi connectivity index (χ0n) is 12.4. The van der Waals surface area contributed by atoms with Crippen LogP contribution in [0.2, 0.25) is 0 Å². The SMILES string of the molecule is Cc1ccc(C)c(NC(=O)c2ccnc(-n3ccnc3)c2)c1. The molecular formula is C17H16N4O. The molecule has 1 aromatic carbocycles. The van der Waals surface area contributed by atoms with Gasteiger partial charge in [-0.1, -0.05) is 12.1 Å². The predicted octanol–water partition coefficient (Wildman–Crippen LogP) is 3.14. The predicted molar refractivity (Wildman–Crippen MR) is 85.2 cm³/mol. The van der Waals surface area contributed by atoms with Gasteiger partial charge in [0.05, 0.1) is 0 Å². The van der Waals surface area contributed by atoms with Crippen LogP contribution in [0, 0.1) is 13.8 Å². The summed E-state index contributed by atoms with van der Waals surface area (Å²) < 4.78 is 1.76. The van der Waals surface area contributed by atoms with E-state index in [9.17, 15) is 4.79 Å². The van der Waals surface area contributed by atoms with Crippen molar-refractivity contribution in [1.29, 1.82) is 0 Å². The summed E-state index contributed by atoms with van der Waals surface area (Å²) >= 11 is 0. The lowest BCUT2D eigenvalue weighted by molar-refractivity contribution is 0.102. The van der Waals surface area contributed by atoms with Gasteiger partial charge in [0, 0.05) is 29.8 Å². The summed E-state index contributed by atoms with van der Waals surface area (Å²) in [6.45, 7) is 3.97. The molecule has 110 valence electrons. The number of pyridine rings is 1. The molecule has 2 aromatic heterocycles. The first-order chi connectivity index (χ1) is 10.6. The highest BCUT2D eigenvalue weighted by atomic mass is 16.1. The molecule has 0 fully saturated rings. The van der Waals surface area contributed by atoms with Gasteiger partial charge in [0.2, 0.25) is 0 Å².